The second-order valence-corrected chi connectivity index (χ2v) is 9.33. The Morgan fingerprint density at radius 3 is 2.59 bits per heavy atom. The minimum atomic E-state index is -1.50. The summed E-state index contributed by atoms with van der Waals surface area (Å²) in [6, 6.07) is 12.4. The molecule has 0 saturated carbocycles. The maximum Gasteiger partial charge on any atom is 0.337 e. The monoisotopic (exact) mass is 606 g/mol. The lowest BCUT2D eigenvalue weighted by Gasteiger charge is -2.29. The summed E-state index contributed by atoms with van der Waals surface area (Å²) in [6.45, 7) is 6.23. The normalized spacial score (nSPS) is 14.5. The number of esters is 2. The molecular formula is C29H34N8O7. The Morgan fingerprint density at radius 2 is 1.95 bits per heavy atom. The van der Waals surface area contributed by atoms with Crippen LogP contribution in [0.2, 0.25) is 0 Å². The van der Waals surface area contributed by atoms with Gasteiger partial charge in [0.05, 0.1) is 42.9 Å². The van der Waals surface area contributed by atoms with Gasteiger partial charge in [0.15, 0.2) is 0 Å². The van der Waals surface area contributed by atoms with Gasteiger partial charge in [-0.25, -0.2) is 25.4 Å². The molecule has 0 aliphatic heterocycles. The van der Waals surface area contributed by atoms with Crippen LogP contribution in [0.3, 0.4) is 0 Å². The Labute approximate surface area is 253 Å². The van der Waals surface area contributed by atoms with E-state index in [0.29, 0.717) is 29.4 Å². The first-order valence-electron chi connectivity index (χ1n) is 13.1. The molecule has 232 valence electrons. The van der Waals surface area contributed by atoms with Crippen molar-refractivity contribution in [2.45, 2.75) is 26.8 Å². The number of rotatable bonds is 8. The van der Waals surface area contributed by atoms with Crippen molar-refractivity contribution in [1.29, 1.82) is 0 Å². The topological polar surface area (TPSA) is 217 Å². The molecule has 0 spiro atoms. The van der Waals surface area contributed by atoms with Gasteiger partial charge in [-0.2, -0.15) is 0 Å². The second-order valence-electron chi connectivity index (χ2n) is 9.33. The molecule has 2 heterocycles. The molecule has 3 aromatic rings. The van der Waals surface area contributed by atoms with Gasteiger partial charge in [-0.1, -0.05) is 32.1 Å². The fourth-order valence-electron chi connectivity index (χ4n) is 3.62. The van der Waals surface area contributed by atoms with Crippen molar-refractivity contribution in [2.24, 2.45) is 16.3 Å². The summed E-state index contributed by atoms with van der Waals surface area (Å²) in [5, 5.41) is 16.7. The van der Waals surface area contributed by atoms with Crippen molar-refractivity contribution in [2.75, 3.05) is 19.0 Å². The van der Waals surface area contributed by atoms with E-state index in [0.717, 1.165) is 11.3 Å². The van der Waals surface area contributed by atoms with Gasteiger partial charge in [0, 0.05) is 35.3 Å². The standard InChI is InChI=1S/C17H14N4O2.C12H19N3O2.HNO3/c1-23-16(22)12-4-2-6-14(10-12)20-17-19-9-7-15(21-17)13-5-3-8-18-11-13;1-4-17-11(16)9-5-6-12(2,3)10(7-9)14-8-15-13;2-1(3)4/h2-11H,1H3,(H,19,20,21);5-8,10H,4,13H2,1-3H3,(H,14,15);(H,2,3,4). The van der Waals surface area contributed by atoms with Crippen LogP contribution in [0.15, 0.2) is 89.8 Å². The molecule has 0 radical (unpaired) electrons. The minimum Gasteiger partial charge on any atom is -0.465 e. The molecule has 5 N–H and O–H groups in total. The largest absolute Gasteiger partial charge is 0.465 e. The number of carbonyl (C=O) groups is 2. The highest BCUT2D eigenvalue weighted by molar-refractivity contribution is 5.92. The van der Waals surface area contributed by atoms with E-state index < -0.39 is 11.1 Å². The third kappa shape index (κ3) is 11.3. The van der Waals surface area contributed by atoms with Crippen LogP contribution in [-0.2, 0) is 14.3 Å². The average Bonchev–Trinajstić information content (AvgIpc) is 3.01. The molecule has 0 bridgehead atoms. The zero-order chi connectivity index (χ0) is 32.5. The van der Waals surface area contributed by atoms with Crippen LogP contribution < -0.4 is 16.6 Å². The van der Waals surface area contributed by atoms with Gasteiger partial charge in [-0.15, -0.1) is 10.1 Å². The van der Waals surface area contributed by atoms with Crippen molar-refractivity contribution in [3.63, 3.8) is 0 Å². The Morgan fingerprint density at radius 1 is 1.20 bits per heavy atom. The number of nitrogens with two attached hydrogens (primary N) is 1. The van der Waals surface area contributed by atoms with Crippen LogP contribution in [0.1, 0.15) is 31.1 Å². The van der Waals surface area contributed by atoms with Crippen molar-refractivity contribution in [3.05, 3.63) is 101 Å². The number of aliphatic imine (C=N–C) groups is 1. The van der Waals surface area contributed by atoms with E-state index in [2.05, 4.69) is 30.7 Å². The smallest absolute Gasteiger partial charge is 0.337 e. The number of nitrogens with one attached hydrogen (secondary N) is 2. The van der Waals surface area contributed by atoms with Crippen molar-refractivity contribution < 1.29 is 29.4 Å². The van der Waals surface area contributed by atoms with E-state index in [9.17, 15) is 9.59 Å². The first-order valence-corrected chi connectivity index (χ1v) is 13.1. The number of pyridine rings is 1. The van der Waals surface area contributed by atoms with Crippen LogP contribution in [0.5, 0.6) is 0 Å². The van der Waals surface area contributed by atoms with Crippen LogP contribution in [-0.4, -0.2) is 63.3 Å². The number of methoxy groups -OCH3 is 1. The third-order valence-corrected chi connectivity index (χ3v) is 5.77. The highest BCUT2D eigenvalue weighted by atomic mass is 16.9. The van der Waals surface area contributed by atoms with Gasteiger partial charge < -0.3 is 25.4 Å². The molecule has 1 aliphatic carbocycles. The van der Waals surface area contributed by atoms with E-state index in [1.54, 1.807) is 55.9 Å². The first-order chi connectivity index (χ1) is 21.0. The molecule has 1 aromatic carbocycles. The highest BCUT2D eigenvalue weighted by Gasteiger charge is 2.29. The number of aromatic nitrogens is 3. The summed E-state index contributed by atoms with van der Waals surface area (Å²) >= 11 is 0. The molecule has 0 fully saturated rings. The van der Waals surface area contributed by atoms with Gasteiger partial charge in [0.2, 0.25) is 5.95 Å². The van der Waals surface area contributed by atoms with Crippen LogP contribution in [0, 0.1) is 15.5 Å². The summed E-state index contributed by atoms with van der Waals surface area (Å²) in [6.07, 6.45) is 12.1. The molecular weight excluding hydrogens is 572 g/mol. The van der Waals surface area contributed by atoms with Crippen molar-refractivity contribution in [3.8, 4) is 11.3 Å². The summed E-state index contributed by atoms with van der Waals surface area (Å²) in [5.41, 5.74) is 5.58. The zero-order valence-corrected chi connectivity index (χ0v) is 24.6. The van der Waals surface area contributed by atoms with E-state index in [4.69, 9.17) is 30.6 Å². The maximum atomic E-state index is 11.6. The van der Waals surface area contributed by atoms with Gasteiger partial charge in [-0.3, -0.25) is 9.98 Å². The fourth-order valence-corrected chi connectivity index (χ4v) is 3.62. The Kier molecular flexibility index (Phi) is 13.6. The lowest BCUT2D eigenvalue weighted by atomic mass is 9.80. The number of anilines is 2. The number of hydrogen-bond acceptors (Lipinski definition) is 12. The lowest BCUT2D eigenvalue weighted by Crippen LogP contribution is -2.30. The number of carbonyl (C=O) groups excluding carboxylic acids is 2. The second kappa shape index (κ2) is 17.3. The minimum absolute atomic E-state index is 0.136. The SMILES string of the molecule is CCOC(=O)C1=CC(N=CNN)C(C)(C)C=C1.COC(=O)c1cccc(Nc2nccc(-c3cccnc3)n2)c1.O=[N+]([O-])O. The van der Waals surface area contributed by atoms with E-state index >= 15 is 0 Å². The molecule has 4 rings (SSSR count). The van der Waals surface area contributed by atoms with E-state index in [-0.39, 0.29) is 17.4 Å². The Balaban J connectivity index is 0.000000284. The predicted octanol–water partition coefficient (Wildman–Crippen LogP) is 3.65. The summed E-state index contributed by atoms with van der Waals surface area (Å²) < 4.78 is 9.67. The number of benzene rings is 1. The summed E-state index contributed by atoms with van der Waals surface area (Å²) in [7, 11) is 1.35. The maximum absolute atomic E-state index is 11.6. The van der Waals surface area contributed by atoms with Crippen LogP contribution in [0.4, 0.5) is 11.6 Å². The number of hydrazine groups is 1. The summed E-state index contributed by atoms with van der Waals surface area (Å²) in [4.78, 5) is 48.5. The molecule has 0 saturated heterocycles. The highest BCUT2D eigenvalue weighted by Crippen LogP contribution is 2.31. The third-order valence-electron chi connectivity index (χ3n) is 5.77. The van der Waals surface area contributed by atoms with E-state index in [1.165, 1.54) is 13.4 Å². The Hall–Kier alpha value is -5.70. The van der Waals surface area contributed by atoms with Crippen molar-refractivity contribution >= 4 is 29.9 Å². The number of hydrogen-bond donors (Lipinski definition) is 4. The Bertz CT molecular complexity index is 1490. The zero-order valence-electron chi connectivity index (χ0n) is 24.6. The van der Waals surface area contributed by atoms with Gasteiger partial charge in [0.25, 0.3) is 5.09 Å². The van der Waals surface area contributed by atoms with Gasteiger partial charge in [-0.05, 0) is 49.4 Å². The van der Waals surface area contributed by atoms with Crippen LogP contribution in [0.25, 0.3) is 11.3 Å². The molecule has 15 heteroatoms. The quantitative estimate of drug-likeness (QED) is 0.0719. The molecule has 1 aliphatic rings. The molecule has 15 nitrogen and oxygen atoms in total. The first kappa shape index (κ1) is 34.5. The van der Waals surface area contributed by atoms with E-state index in [1.807, 2.05) is 44.2 Å². The molecule has 2 aromatic heterocycles. The molecule has 1 atom stereocenters. The van der Waals surface area contributed by atoms with Gasteiger partial charge in [0.1, 0.15) is 0 Å². The van der Waals surface area contributed by atoms with Crippen LogP contribution >= 0.6 is 0 Å². The van der Waals surface area contributed by atoms with Crippen molar-refractivity contribution in [1.82, 2.24) is 20.4 Å². The molecule has 44 heavy (non-hydrogen) atoms. The number of nitrogens with zero attached hydrogens (tertiary/aromatic N) is 5. The average molecular weight is 607 g/mol. The lowest BCUT2D eigenvalue weighted by molar-refractivity contribution is -0.742. The predicted molar refractivity (Wildman–Crippen MR) is 162 cm³/mol. The molecule has 1 unspecified atom stereocenters. The molecule has 0 amide bonds. The number of ether oxygens (including phenoxy) is 2. The summed E-state index contributed by atoms with van der Waals surface area (Å²) in [5.74, 6) is 4.88. The fraction of sp³-hybridized carbons (Fsp3) is 0.241. The van der Waals surface area contributed by atoms with Gasteiger partial charge >= 0.3 is 11.9 Å².